The fraction of sp³-hybridized carbons (Fsp3) is 0.474. The number of anilines is 1. The summed E-state index contributed by atoms with van der Waals surface area (Å²) in [5, 5.41) is 19.0. The molecule has 0 radical (unpaired) electrons. The third-order valence-corrected chi connectivity index (χ3v) is 5.41. The molecule has 2 aliphatic heterocycles. The molecule has 0 spiro atoms. The summed E-state index contributed by atoms with van der Waals surface area (Å²) in [7, 11) is 0. The highest BCUT2D eigenvalue weighted by molar-refractivity contribution is 8.06. The van der Waals surface area contributed by atoms with E-state index in [9.17, 15) is 10.1 Å². The minimum atomic E-state index is 0.245. The van der Waals surface area contributed by atoms with Gasteiger partial charge in [0, 0.05) is 37.9 Å². The van der Waals surface area contributed by atoms with Gasteiger partial charge in [0.05, 0.1) is 10.7 Å². The number of nitrogens with zero attached hydrogens (tertiary/aromatic N) is 4. The normalized spacial score (nSPS) is 18.4. The Hall–Kier alpha value is -2.53. The number of hydrogen-bond donors (Lipinski definition) is 2. The Bertz CT molecular complexity index is 811. The average Bonchev–Trinajstić information content (AvgIpc) is 3.30. The van der Waals surface area contributed by atoms with Crippen molar-refractivity contribution >= 4 is 29.2 Å². The van der Waals surface area contributed by atoms with Crippen LogP contribution in [0, 0.1) is 17.2 Å². The third-order valence-electron chi connectivity index (χ3n) is 4.49. The van der Waals surface area contributed by atoms with Crippen LogP contribution in [0.15, 0.2) is 28.4 Å². The minimum absolute atomic E-state index is 0.245. The van der Waals surface area contributed by atoms with Gasteiger partial charge in [-0.15, -0.1) is 0 Å². The maximum atomic E-state index is 11.6. The molecular weight excluding hydrogens is 360 g/mol. The summed E-state index contributed by atoms with van der Waals surface area (Å²) in [6, 6.07) is 4.00. The molecule has 0 aromatic carbocycles. The van der Waals surface area contributed by atoms with Crippen LogP contribution in [-0.2, 0) is 4.79 Å². The van der Waals surface area contributed by atoms with E-state index in [-0.39, 0.29) is 5.91 Å². The number of nitrogens with one attached hydrogen (secondary N) is 2. The molecule has 27 heavy (non-hydrogen) atoms. The molecule has 1 fully saturated rings. The maximum absolute atomic E-state index is 11.6. The van der Waals surface area contributed by atoms with Crippen LogP contribution in [0.1, 0.15) is 38.8 Å². The molecule has 1 aromatic heterocycles. The van der Waals surface area contributed by atoms with Crippen LogP contribution < -0.4 is 10.6 Å². The predicted molar refractivity (Wildman–Crippen MR) is 107 cm³/mol. The number of hydrogen-bond acceptors (Lipinski definition) is 7. The minimum Gasteiger partial charge on any atom is -0.354 e. The zero-order chi connectivity index (χ0) is 19.2. The third kappa shape index (κ3) is 4.80. The number of carbonyl (C=O) groups is 1. The van der Waals surface area contributed by atoms with Gasteiger partial charge in [0.1, 0.15) is 11.6 Å². The highest BCUT2D eigenvalue weighted by atomic mass is 32.2. The van der Waals surface area contributed by atoms with Crippen molar-refractivity contribution in [3.63, 3.8) is 0 Å². The van der Waals surface area contributed by atoms with Gasteiger partial charge < -0.3 is 15.5 Å². The van der Waals surface area contributed by atoms with Crippen LogP contribution in [0.25, 0.3) is 5.57 Å². The molecule has 0 unspecified atom stereocenters. The van der Waals surface area contributed by atoms with Crippen molar-refractivity contribution in [2.45, 2.75) is 33.1 Å². The van der Waals surface area contributed by atoms with Gasteiger partial charge in [0.2, 0.25) is 11.9 Å². The Morgan fingerprint density at radius 1 is 1.52 bits per heavy atom. The van der Waals surface area contributed by atoms with Crippen molar-refractivity contribution in [1.82, 2.24) is 20.2 Å². The molecule has 1 saturated heterocycles. The fourth-order valence-corrected chi connectivity index (χ4v) is 3.95. The maximum Gasteiger partial charge on any atom is 0.223 e. The number of allylic oxidation sites excluding steroid dienone is 2. The molecule has 0 bridgehead atoms. The standard InChI is InChI=1S/C19H24N6OS/c1-13(2)16-12-27-18(23-16)14(11-20)15-6-8-22-19(24-15)21-7-4-10-25-9-3-5-17(25)26/h6,8,12-13,23H,3-5,7,9-10H2,1-2H3,(H,21,22,24). The van der Waals surface area contributed by atoms with Crippen molar-refractivity contribution < 1.29 is 4.79 Å². The fourth-order valence-electron chi connectivity index (χ4n) is 2.93. The van der Waals surface area contributed by atoms with Crippen molar-refractivity contribution in [3.8, 4) is 6.07 Å². The van der Waals surface area contributed by atoms with E-state index in [1.165, 1.54) is 11.8 Å². The molecule has 1 amide bonds. The van der Waals surface area contributed by atoms with E-state index < -0.39 is 0 Å². The van der Waals surface area contributed by atoms with Crippen LogP contribution in [0.5, 0.6) is 0 Å². The van der Waals surface area contributed by atoms with Gasteiger partial charge in [-0.05, 0) is 30.2 Å². The monoisotopic (exact) mass is 384 g/mol. The van der Waals surface area contributed by atoms with Gasteiger partial charge in [-0.2, -0.15) is 5.26 Å². The first-order valence-electron chi connectivity index (χ1n) is 9.21. The molecule has 3 rings (SSSR count). The van der Waals surface area contributed by atoms with Gasteiger partial charge in [-0.25, -0.2) is 9.97 Å². The molecular formula is C19H24N6OS. The van der Waals surface area contributed by atoms with Crippen LogP contribution in [0.4, 0.5) is 5.95 Å². The topological polar surface area (TPSA) is 93.9 Å². The van der Waals surface area contributed by atoms with E-state index in [0.717, 1.165) is 36.7 Å². The first kappa shape index (κ1) is 19.2. The van der Waals surface area contributed by atoms with Gasteiger partial charge >= 0.3 is 0 Å². The zero-order valence-corrected chi connectivity index (χ0v) is 16.5. The molecule has 2 N–H and O–H groups in total. The molecule has 3 heterocycles. The van der Waals surface area contributed by atoms with Gasteiger partial charge in [0.25, 0.3) is 0 Å². The number of aromatic nitrogens is 2. The molecule has 0 atom stereocenters. The number of thioether (sulfide) groups is 1. The molecule has 2 aliphatic rings. The molecule has 142 valence electrons. The summed E-state index contributed by atoms with van der Waals surface area (Å²) < 4.78 is 0. The first-order chi connectivity index (χ1) is 13.1. The zero-order valence-electron chi connectivity index (χ0n) is 15.7. The van der Waals surface area contributed by atoms with E-state index in [0.29, 0.717) is 36.1 Å². The summed E-state index contributed by atoms with van der Waals surface area (Å²) in [5.74, 6) is 1.11. The first-order valence-corrected chi connectivity index (χ1v) is 10.1. The van der Waals surface area contributed by atoms with E-state index in [1.807, 2.05) is 10.3 Å². The number of rotatable bonds is 7. The molecule has 0 saturated carbocycles. The Kier molecular flexibility index (Phi) is 6.35. The molecule has 8 heteroatoms. The van der Waals surface area contributed by atoms with Gasteiger partial charge in [-0.1, -0.05) is 25.6 Å². The lowest BCUT2D eigenvalue weighted by Crippen LogP contribution is -2.27. The number of amides is 1. The summed E-state index contributed by atoms with van der Waals surface area (Å²) >= 11 is 1.51. The number of likely N-dealkylation sites (tertiary alicyclic amines) is 1. The largest absolute Gasteiger partial charge is 0.354 e. The van der Waals surface area contributed by atoms with Crippen molar-refractivity contribution in [3.05, 3.63) is 34.1 Å². The number of nitriles is 1. The second kappa shape index (κ2) is 8.91. The van der Waals surface area contributed by atoms with E-state index in [4.69, 9.17) is 0 Å². The van der Waals surface area contributed by atoms with Crippen LogP contribution in [-0.4, -0.2) is 40.4 Å². The average molecular weight is 385 g/mol. The highest BCUT2D eigenvalue weighted by Gasteiger charge is 2.20. The van der Waals surface area contributed by atoms with E-state index in [1.54, 1.807) is 12.3 Å². The second-order valence-corrected chi connectivity index (χ2v) is 7.70. The Balaban J connectivity index is 1.59. The Morgan fingerprint density at radius 3 is 3.04 bits per heavy atom. The van der Waals surface area contributed by atoms with Crippen LogP contribution >= 0.6 is 11.8 Å². The predicted octanol–water partition coefficient (Wildman–Crippen LogP) is 2.93. The Labute approximate surface area is 163 Å². The van der Waals surface area contributed by atoms with Crippen molar-refractivity contribution in [1.29, 1.82) is 5.26 Å². The summed E-state index contributed by atoms with van der Waals surface area (Å²) in [5.41, 5.74) is 2.21. The lowest BCUT2D eigenvalue weighted by molar-refractivity contribution is -0.127. The lowest BCUT2D eigenvalue weighted by Gasteiger charge is -2.15. The van der Waals surface area contributed by atoms with Gasteiger partial charge in [0.15, 0.2) is 0 Å². The van der Waals surface area contributed by atoms with Crippen molar-refractivity contribution in [2.75, 3.05) is 25.0 Å². The number of carbonyl (C=O) groups excluding carboxylic acids is 1. The van der Waals surface area contributed by atoms with Crippen LogP contribution in [0.3, 0.4) is 0 Å². The molecule has 0 aliphatic carbocycles. The highest BCUT2D eigenvalue weighted by Crippen LogP contribution is 2.33. The van der Waals surface area contributed by atoms with E-state index in [2.05, 4.69) is 40.5 Å². The van der Waals surface area contributed by atoms with Gasteiger partial charge in [-0.3, -0.25) is 4.79 Å². The summed E-state index contributed by atoms with van der Waals surface area (Å²) in [6.45, 7) is 6.51. The van der Waals surface area contributed by atoms with Crippen molar-refractivity contribution in [2.24, 2.45) is 5.92 Å². The summed E-state index contributed by atoms with van der Waals surface area (Å²) in [6.07, 6.45) is 4.12. The second-order valence-electron chi connectivity index (χ2n) is 6.82. The molecule has 7 nitrogen and oxygen atoms in total. The molecule has 1 aromatic rings. The quantitative estimate of drug-likeness (QED) is 0.551. The Morgan fingerprint density at radius 2 is 2.37 bits per heavy atom. The lowest BCUT2D eigenvalue weighted by atomic mass is 10.1. The smallest absolute Gasteiger partial charge is 0.223 e. The summed E-state index contributed by atoms with van der Waals surface area (Å²) in [4.78, 5) is 22.2. The van der Waals surface area contributed by atoms with E-state index >= 15 is 0 Å². The van der Waals surface area contributed by atoms with Crippen LogP contribution in [0.2, 0.25) is 0 Å². The SMILES string of the molecule is CC(C)C1=CSC(=C(C#N)c2ccnc(NCCCN3CCCC3=O)n2)N1.